The van der Waals surface area contributed by atoms with Gasteiger partial charge in [-0.05, 0) is 24.3 Å². The van der Waals surface area contributed by atoms with Gasteiger partial charge in [-0.3, -0.25) is 0 Å². The van der Waals surface area contributed by atoms with E-state index in [1.165, 1.54) is 0 Å². The molecule has 17 heavy (non-hydrogen) atoms. The van der Waals surface area contributed by atoms with Crippen molar-refractivity contribution in [3.05, 3.63) is 46.9 Å². The zero-order valence-electron chi connectivity index (χ0n) is 8.85. The lowest BCUT2D eigenvalue weighted by Crippen LogP contribution is -1.93. The Morgan fingerprint density at radius 3 is 2.71 bits per heavy atom. The van der Waals surface area contributed by atoms with Crippen LogP contribution in [-0.2, 0) is 0 Å². The van der Waals surface area contributed by atoms with E-state index in [1.54, 1.807) is 0 Å². The molecule has 0 bridgehead atoms. The molecule has 2 aromatic carbocycles. The minimum Gasteiger partial charge on any atom is -0.453 e. The van der Waals surface area contributed by atoms with E-state index < -0.39 is 0 Å². The Kier molecular flexibility index (Phi) is 2.65. The van der Waals surface area contributed by atoms with Crippen molar-refractivity contribution in [2.45, 2.75) is 0 Å². The van der Waals surface area contributed by atoms with E-state index in [-0.39, 0.29) is 6.79 Å². The van der Waals surface area contributed by atoms with E-state index in [0.717, 1.165) is 10.2 Å². The highest BCUT2D eigenvalue weighted by molar-refractivity contribution is 9.10. The summed E-state index contributed by atoms with van der Waals surface area (Å²) in [4.78, 5) is 0. The van der Waals surface area contributed by atoms with E-state index >= 15 is 0 Å². The molecule has 0 saturated carbocycles. The van der Waals surface area contributed by atoms with Gasteiger partial charge in [0.2, 0.25) is 12.5 Å². The SMILES string of the molecule is Brc1cc2c(c(Oc3ccccc3)c1)OCO2. The van der Waals surface area contributed by atoms with Crippen molar-refractivity contribution in [2.24, 2.45) is 0 Å². The van der Waals surface area contributed by atoms with Gasteiger partial charge in [0, 0.05) is 4.47 Å². The molecule has 0 spiro atoms. The number of fused-ring (bicyclic) bond motifs is 1. The third-order valence-corrected chi connectivity index (χ3v) is 2.83. The number of ether oxygens (including phenoxy) is 3. The van der Waals surface area contributed by atoms with Crippen molar-refractivity contribution in [3.8, 4) is 23.0 Å². The molecule has 0 aliphatic carbocycles. The van der Waals surface area contributed by atoms with Crippen molar-refractivity contribution in [1.29, 1.82) is 0 Å². The Hall–Kier alpha value is -1.68. The van der Waals surface area contributed by atoms with Gasteiger partial charge in [0.1, 0.15) is 5.75 Å². The van der Waals surface area contributed by atoms with Crippen LogP contribution in [0.3, 0.4) is 0 Å². The van der Waals surface area contributed by atoms with Gasteiger partial charge < -0.3 is 14.2 Å². The standard InChI is InChI=1S/C13H9BrO3/c14-9-6-11-13(16-8-15-11)12(7-9)17-10-4-2-1-3-5-10/h1-7H,8H2. The molecule has 3 nitrogen and oxygen atoms in total. The van der Waals surface area contributed by atoms with E-state index in [4.69, 9.17) is 14.2 Å². The molecule has 0 amide bonds. The molecule has 0 aromatic heterocycles. The summed E-state index contributed by atoms with van der Waals surface area (Å²) in [5, 5.41) is 0. The monoisotopic (exact) mass is 292 g/mol. The highest BCUT2D eigenvalue weighted by Gasteiger charge is 2.20. The summed E-state index contributed by atoms with van der Waals surface area (Å²) in [7, 11) is 0. The lowest BCUT2D eigenvalue weighted by atomic mass is 10.3. The summed E-state index contributed by atoms with van der Waals surface area (Å²) in [5.41, 5.74) is 0. The fraction of sp³-hybridized carbons (Fsp3) is 0.0769. The van der Waals surface area contributed by atoms with Crippen LogP contribution < -0.4 is 14.2 Å². The highest BCUT2D eigenvalue weighted by Crippen LogP contribution is 2.44. The van der Waals surface area contributed by atoms with E-state index in [1.807, 2.05) is 42.5 Å². The Labute approximate surface area is 107 Å². The second-order valence-corrected chi connectivity index (χ2v) is 4.47. The van der Waals surface area contributed by atoms with Crippen LogP contribution in [0.5, 0.6) is 23.0 Å². The first kappa shape index (κ1) is 10.5. The molecule has 0 radical (unpaired) electrons. The van der Waals surface area contributed by atoms with Crippen molar-refractivity contribution in [2.75, 3.05) is 6.79 Å². The van der Waals surface area contributed by atoms with E-state index in [0.29, 0.717) is 17.2 Å². The smallest absolute Gasteiger partial charge is 0.231 e. The molecule has 1 aliphatic heterocycles. The minimum atomic E-state index is 0.233. The van der Waals surface area contributed by atoms with Crippen LogP contribution >= 0.6 is 15.9 Å². The summed E-state index contributed by atoms with van der Waals surface area (Å²) in [6.45, 7) is 0.233. The normalized spacial score (nSPS) is 12.5. The molecule has 0 N–H and O–H groups in total. The van der Waals surface area contributed by atoms with Gasteiger partial charge in [0.15, 0.2) is 11.5 Å². The Morgan fingerprint density at radius 1 is 1.06 bits per heavy atom. The number of para-hydroxylation sites is 1. The third-order valence-electron chi connectivity index (χ3n) is 2.37. The first-order chi connectivity index (χ1) is 8.33. The fourth-order valence-corrected chi connectivity index (χ4v) is 2.05. The van der Waals surface area contributed by atoms with E-state index in [2.05, 4.69) is 15.9 Å². The quantitative estimate of drug-likeness (QED) is 0.838. The second kappa shape index (κ2) is 4.30. The summed E-state index contributed by atoms with van der Waals surface area (Å²) >= 11 is 3.41. The molecule has 0 fully saturated rings. The van der Waals surface area contributed by atoms with Crippen molar-refractivity contribution in [1.82, 2.24) is 0 Å². The molecule has 86 valence electrons. The molecule has 3 rings (SSSR count). The number of hydrogen-bond donors (Lipinski definition) is 0. The molecule has 1 heterocycles. The van der Waals surface area contributed by atoms with Crippen LogP contribution in [-0.4, -0.2) is 6.79 Å². The number of halogens is 1. The Bertz CT molecular complexity index is 540. The third kappa shape index (κ3) is 2.08. The topological polar surface area (TPSA) is 27.7 Å². The van der Waals surface area contributed by atoms with Crippen LogP contribution in [0.15, 0.2) is 46.9 Å². The van der Waals surface area contributed by atoms with Crippen molar-refractivity contribution in [3.63, 3.8) is 0 Å². The van der Waals surface area contributed by atoms with Crippen LogP contribution in [0.25, 0.3) is 0 Å². The summed E-state index contributed by atoms with van der Waals surface area (Å²) < 4.78 is 17.4. The van der Waals surface area contributed by atoms with Crippen LogP contribution in [0.1, 0.15) is 0 Å². The zero-order valence-corrected chi connectivity index (χ0v) is 10.4. The highest BCUT2D eigenvalue weighted by atomic mass is 79.9. The van der Waals surface area contributed by atoms with Gasteiger partial charge in [-0.2, -0.15) is 0 Å². The van der Waals surface area contributed by atoms with Gasteiger partial charge in [0.25, 0.3) is 0 Å². The minimum absolute atomic E-state index is 0.233. The lowest BCUT2D eigenvalue weighted by Gasteiger charge is -2.08. The van der Waals surface area contributed by atoms with E-state index in [9.17, 15) is 0 Å². The summed E-state index contributed by atoms with van der Waals surface area (Å²) in [6, 6.07) is 13.3. The lowest BCUT2D eigenvalue weighted by molar-refractivity contribution is 0.172. The predicted octanol–water partition coefficient (Wildman–Crippen LogP) is 3.97. The van der Waals surface area contributed by atoms with Gasteiger partial charge >= 0.3 is 0 Å². The predicted molar refractivity (Wildman–Crippen MR) is 66.8 cm³/mol. The second-order valence-electron chi connectivity index (χ2n) is 3.55. The summed E-state index contributed by atoms with van der Waals surface area (Å²) in [6.07, 6.45) is 0. The maximum atomic E-state index is 5.77. The first-order valence-electron chi connectivity index (χ1n) is 5.15. The number of rotatable bonds is 2. The molecule has 0 unspecified atom stereocenters. The van der Waals surface area contributed by atoms with Crippen LogP contribution in [0.4, 0.5) is 0 Å². The Balaban J connectivity index is 1.98. The molecule has 2 aromatic rings. The Morgan fingerprint density at radius 2 is 1.88 bits per heavy atom. The van der Waals surface area contributed by atoms with Crippen molar-refractivity contribution >= 4 is 15.9 Å². The molecular formula is C13H9BrO3. The molecular weight excluding hydrogens is 284 g/mol. The maximum Gasteiger partial charge on any atom is 0.231 e. The first-order valence-corrected chi connectivity index (χ1v) is 5.94. The molecule has 0 saturated heterocycles. The summed E-state index contributed by atoms with van der Waals surface area (Å²) in [5.74, 6) is 2.77. The molecule has 1 aliphatic rings. The van der Waals surface area contributed by atoms with Crippen molar-refractivity contribution < 1.29 is 14.2 Å². The fourth-order valence-electron chi connectivity index (χ4n) is 1.64. The van der Waals surface area contributed by atoms with Gasteiger partial charge in [-0.25, -0.2) is 0 Å². The molecule has 4 heteroatoms. The average Bonchev–Trinajstić information content (AvgIpc) is 2.78. The van der Waals surface area contributed by atoms with Crippen LogP contribution in [0.2, 0.25) is 0 Å². The maximum absolute atomic E-state index is 5.77. The zero-order chi connectivity index (χ0) is 11.7. The number of benzene rings is 2. The average molecular weight is 293 g/mol. The van der Waals surface area contributed by atoms with Gasteiger partial charge in [-0.1, -0.05) is 34.1 Å². The number of hydrogen-bond acceptors (Lipinski definition) is 3. The molecule has 0 atom stereocenters. The van der Waals surface area contributed by atoms with Gasteiger partial charge in [0.05, 0.1) is 0 Å². The van der Waals surface area contributed by atoms with Crippen LogP contribution in [0, 0.1) is 0 Å². The largest absolute Gasteiger partial charge is 0.453 e. The van der Waals surface area contributed by atoms with Gasteiger partial charge in [-0.15, -0.1) is 0 Å².